The number of aryl methyl sites for hydroxylation is 1. The van der Waals surface area contributed by atoms with E-state index in [0.717, 1.165) is 5.69 Å². The summed E-state index contributed by atoms with van der Waals surface area (Å²) in [5.74, 6) is -0.219. The molecule has 0 saturated heterocycles. The standard InChI is InChI=1S/C13H20N2O3/c1-4-17-12(18-5-2)9-14-13(16)11-8-6-7-10(3)15-11/h6-8,12H,4-5,9H2,1-3H3,(H,14,16). The van der Waals surface area contributed by atoms with Gasteiger partial charge in [0, 0.05) is 18.9 Å². The molecule has 0 aromatic carbocycles. The molecule has 1 heterocycles. The van der Waals surface area contributed by atoms with Crippen LogP contribution in [-0.4, -0.2) is 36.9 Å². The van der Waals surface area contributed by atoms with Gasteiger partial charge in [-0.3, -0.25) is 4.79 Å². The Kier molecular flexibility index (Phi) is 6.32. The van der Waals surface area contributed by atoms with Gasteiger partial charge in [-0.2, -0.15) is 0 Å². The van der Waals surface area contributed by atoms with Crippen molar-refractivity contribution in [1.29, 1.82) is 0 Å². The molecule has 0 atom stereocenters. The molecule has 5 nitrogen and oxygen atoms in total. The van der Waals surface area contributed by atoms with Gasteiger partial charge in [0.25, 0.3) is 5.91 Å². The van der Waals surface area contributed by atoms with Gasteiger partial charge in [0.05, 0.1) is 6.54 Å². The third-order valence-corrected chi connectivity index (χ3v) is 2.26. The summed E-state index contributed by atoms with van der Waals surface area (Å²) in [5, 5.41) is 2.74. The zero-order chi connectivity index (χ0) is 13.4. The molecule has 0 unspecified atom stereocenters. The van der Waals surface area contributed by atoms with Crippen LogP contribution < -0.4 is 5.32 Å². The topological polar surface area (TPSA) is 60.5 Å². The maximum absolute atomic E-state index is 11.8. The summed E-state index contributed by atoms with van der Waals surface area (Å²) in [4.78, 5) is 16.0. The summed E-state index contributed by atoms with van der Waals surface area (Å²) in [6.45, 7) is 7.02. The van der Waals surface area contributed by atoms with Crippen molar-refractivity contribution < 1.29 is 14.3 Å². The highest BCUT2D eigenvalue weighted by Crippen LogP contribution is 1.99. The van der Waals surface area contributed by atoms with Crippen molar-refractivity contribution in [2.45, 2.75) is 27.1 Å². The second kappa shape index (κ2) is 7.79. The third kappa shape index (κ3) is 4.81. The number of hydrogen-bond donors (Lipinski definition) is 1. The molecule has 0 aliphatic rings. The zero-order valence-corrected chi connectivity index (χ0v) is 11.1. The fourth-order valence-corrected chi connectivity index (χ4v) is 1.47. The lowest BCUT2D eigenvalue weighted by molar-refractivity contribution is -0.131. The Bertz CT molecular complexity index is 376. The molecule has 5 heteroatoms. The molecule has 1 aromatic rings. The molecule has 0 fully saturated rings. The van der Waals surface area contributed by atoms with Crippen molar-refractivity contribution in [3.05, 3.63) is 29.6 Å². The van der Waals surface area contributed by atoms with E-state index < -0.39 is 6.29 Å². The van der Waals surface area contributed by atoms with Crippen LogP contribution in [0.4, 0.5) is 0 Å². The molecule has 0 aliphatic carbocycles. The van der Waals surface area contributed by atoms with Gasteiger partial charge in [0.15, 0.2) is 6.29 Å². The van der Waals surface area contributed by atoms with Gasteiger partial charge in [-0.1, -0.05) is 6.07 Å². The average Bonchev–Trinajstić information content (AvgIpc) is 2.36. The second-order valence-corrected chi connectivity index (χ2v) is 3.71. The number of ether oxygens (including phenoxy) is 2. The number of carbonyl (C=O) groups is 1. The van der Waals surface area contributed by atoms with Gasteiger partial charge >= 0.3 is 0 Å². The summed E-state index contributed by atoms with van der Waals surface area (Å²) < 4.78 is 10.7. The summed E-state index contributed by atoms with van der Waals surface area (Å²) in [7, 11) is 0. The smallest absolute Gasteiger partial charge is 0.270 e. The van der Waals surface area contributed by atoms with Gasteiger partial charge in [-0.15, -0.1) is 0 Å². The number of pyridine rings is 1. The first-order valence-corrected chi connectivity index (χ1v) is 6.12. The van der Waals surface area contributed by atoms with E-state index in [1.807, 2.05) is 26.8 Å². The SMILES string of the molecule is CCOC(CNC(=O)c1cccc(C)n1)OCC. The number of nitrogens with one attached hydrogen (secondary N) is 1. The van der Waals surface area contributed by atoms with E-state index in [1.165, 1.54) is 0 Å². The van der Waals surface area contributed by atoms with E-state index in [0.29, 0.717) is 25.5 Å². The minimum absolute atomic E-state index is 0.219. The van der Waals surface area contributed by atoms with Crippen LogP contribution in [0.2, 0.25) is 0 Å². The normalized spacial score (nSPS) is 10.7. The molecule has 1 N–H and O–H groups in total. The van der Waals surface area contributed by atoms with E-state index in [2.05, 4.69) is 10.3 Å². The Morgan fingerprint density at radius 3 is 2.56 bits per heavy atom. The monoisotopic (exact) mass is 252 g/mol. The molecule has 1 rings (SSSR count). The lowest BCUT2D eigenvalue weighted by atomic mass is 10.3. The lowest BCUT2D eigenvalue weighted by Gasteiger charge is -2.17. The van der Waals surface area contributed by atoms with Gasteiger partial charge in [-0.25, -0.2) is 4.98 Å². The minimum atomic E-state index is -0.409. The zero-order valence-electron chi connectivity index (χ0n) is 11.1. The first kappa shape index (κ1) is 14.6. The maximum Gasteiger partial charge on any atom is 0.270 e. The van der Waals surface area contributed by atoms with Crippen LogP contribution in [-0.2, 0) is 9.47 Å². The average molecular weight is 252 g/mol. The largest absolute Gasteiger partial charge is 0.351 e. The third-order valence-electron chi connectivity index (χ3n) is 2.26. The molecule has 18 heavy (non-hydrogen) atoms. The van der Waals surface area contributed by atoms with Crippen LogP contribution in [0.3, 0.4) is 0 Å². The second-order valence-electron chi connectivity index (χ2n) is 3.71. The number of amides is 1. The van der Waals surface area contributed by atoms with E-state index in [-0.39, 0.29) is 5.91 Å². The summed E-state index contributed by atoms with van der Waals surface area (Å²) in [6, 6.07) is 5.33. The Morgan fingerprint density at radius 1 is 1.33 bits per heavy atom. The highest BCUT2D eigenvalue weighted by Gasteiger charge is 2.12. The van der Waals surface area contributed by atoms with Crippen molar-refractivity contribution in [2.75, 3.05) is 19.8 Å². The number of rotatable bonds is 7. The summed E-state index contributed by atoms with van der Waals surface area (Å²) in [6.07, 6.45) is -0.409. The van der Waals surface area contributed by atoms with Crippen molar-refractivity contribution >= 4 is 5.91 Å². The van der Waals surface area contributed by atoms with Crippen LogP contribution in [0, 0.1) is 6.92 Å². The predicted octanol–water partition coefficient (Wildman–Crippen LogP) is 1.52. The van der Waals surface area contributed by atoms with Gasteiger partial charge < -0.3 is 14.8 Å². The van der Waals surface area contributed by atoms with Crippen LogP contribution >= 0.6 is 0 Å². The van der Waals surface area contributed by atoms with Crippen molar-refractivity contribution in [2.24, 2.45) is 0 Å². The van der Waals surface area contributed by atoms with Crippen LogP contribution in [0.25, 0.3) is 0 Å². The molecular weight excluding hydrogens is 232 g/mol. The predicted molar refractivity (Wildman–Crippen MR) is 68.3 cm³/mol. The Balaban J connectivity index is 2.49. The molecule has 1 aromatic heterocycles. The van der Waals surface area contributed by atoms with Crippen LogP contribution in [0.1, 0.15) is 30.0 Å². The molecule has 0 aliphatic heterocycles. The van der Waals surface area contributed by atoms with E-state index in [4.69, 9.17) is 9.47 Å². The Morgan fingerprint density at radius 2 is 2.00 bits per heavy atom. The molecular formula is C13H20N2O3. The fourth-order valence-electron chi connectivity index (χ4n) is 1.47. The lowest BCUT2D eigenvalue weighted by Crippen LogP contribution is -2.35. The maximum atomic E-state index is 11.8. The highest BCUT2D eigenvalue weighted by molar-refractivity contribution is 5.92. The van der Waals surface area contributed by atoms with Gasteiger partial charge in [0.2, 0.25) is 0 Å². The molecule has 0 bridgehead atoms. The number of nitrogens with zero attached hydrogens (tertiary/aromatic N) is 1. The van der Waals surface area contributed by atoms with E-state index >= 15 is 0 Å². The molecule has 0 spiro atoms. The Hall–Kier alpha value is -1.46. The molecule has 0 radical (unpaired) electrons. The fraction of sp³-hybridized carbons (Fsp3) is 0.538. The molecule has 1 amide bonds. The number of hydrogen-bond acceptors (Lipinski definition) is 4. The van der Waals surface area contributed by atoms with Crippen molar-refractivity contribution in [3.63, 3.8) is 0 Å². The first-order chi connectivity index (χ1) is 8.67. The number of aromatic nitrogens is 1. The van der Waals surface area contributed by atoms with Crippen LogP contribution in [0.15, 0.2) is 18.2 Å². The molecule has 0 saturated carbocycles. The van der Waals surface area contributed by atoms with E-state index in [9.17, 15) is 4.79 Å². The minimum Gasteiger partial charge on any atom is -0.351 e. The van der Waals surface area contributed by atoms with E-state index in [1.54, 1.807) is 12.1 Å². The van der Waals surface area contributed by atoms with Gasteiger partial charge in [0.1, 0.15) is 5.69 Å². The quantitative estimate of drug-likeness (QED) is 0.747. The highest BCUT2D eigenvalue weighted by atomic mass is 16.7. The summed E-state index contributed by atoms with van der Waals surface area (Å²) >= 11 is 0. The van der Waals surface area contributed by atoms with Crippen molar-refractivity contribution in [3.8, 4) is 0 Å². The summed E-state index contributed by atoms with van der Waals surface area (Å²) in [5.41, 5.74) is 1.22. The molecule has 100 valence electrons. The van der Waals surface area contributed by atoms with Crippen LogP contribution in [0.5, 0.6) is 0 Å². The first-order valence-electron chi connectivity index (χ1n) is 6.12. The number of carbonyl (C=O) groups excluding carboxylic acids is 1. The van der Waals surface area contributed by atoms with Gasteiger partial charge in [-0.05, 0) is 32.9 Å². The Labute approximate surface area is 108 Å². The van der Waals surface area contributed by atoms with Crippen molar-refractivity contribution in [1.82, 2.24) is 10.3 Å².